The van der Waals surface area contributed by atoms with Gasteiger partial charge in [0.15, 0.2) is 0 Å². The molecule has 0 aliphatic rings. The Balaban J connectivity index is 1.92. The normalized spacial score (nSPS) is 11.0. The molecule has 0 amide bonds. The average Bonchev–Trinajstić information content (AvgIpc) is 2.84. The molecule has 1 N–H and O–H groups in total. The van der Waals surface area contributed by atoms with Crippen LogP contribution in [-0.2, 0) is 13.2 Å². The second kappa shape index (κ2) is 5.70. The molecular weight excluding hydrogens is 286 g/mol. The van der Waals surface area contributed by atoms with E-state index in [0.717, 1.165) is 28.9 Å². The monoisotopic (exact) mass is 301 g/mol. The Morgan fingerprint density at radius 1 is 1.14 bits per heavy atom. The third kappa shape index (κ3) is 2.69. The first-order valence-electron chi connectivity index (χ1n) is 6.87. The molecule has 108 valence electrons. The van der Waals surface area contributed by atoms with Crippen LogP contribution >= 0.6 is 11.6 Å². The van der Waals surface area contributed by atoms with Gasteiger partial charge in [0, 0.05) is 17.0 Å². The van der Waals surface area contributed by atoms with Crippen molar-refractivity contribution in [1.82, 2.24) is 4.57 Å². The van der Waals surface area contributed by atoms with Gasteiger partial charge in [0.25, 0.3) is 0 Å². The van der Waals surface area contributed by atoms with Crippen LogP contribution in [0, 0.1) is 0 Å². The van der Waals surface area contributed by atoms with Crippen LogP contribution < -0.4 is 4.74 Å². The van der Waals surface area contributed by atoms with Crippen molar-refractivity contribution in [2.24, 2.45) is 0 Å². The number of aromatic nitrogens is 1. The van der Waals surface area contributed by atoms with E-state index in [1.807, 2.05) is 36.4 Å². The topological polar surface area (TPSA) is 34.4 Å². The number of para-hydroxylation sites is 1. The quantitative estimate of drug-likeness (QED) is 0.764. The zero-order valence-corrected chi connectivity index (χ0v) is 12.5. The van der Waals surface area contributed by atoms with E-state index in [4.69, 9.17) is 16.3 Å². The van der Waals surface area contributed by atoms with E-state index in [0.29, 0.717) is 17.4 Å². The molecule has 0 aliphatic carbocycles. The van der Waals surface area contributed by atoms with Crippen LogP contribution in [0.1, 0.15) is 12.6 Å². The van der Waals surface area contributed by atoms with Gasteiger partial charge in [-0.2, -0.15) is 0 Å². The van der Waals surface area contributed by atoms with Crippen LogP contribution in [0.4, 0.5) is 0 Å². The predicted octanol–water partition coefficient (Wildman–Crippen LogP) is 4.60. The third-order valence-corrected chi connectivity index (χ3v) is 3.72. The molecule has 0 bridgehead atoms. The van der Waals surface area contributed by atoms with Gasteiger partial charge in [-0.05, 0) is 37.3 Å². The van der Waals surface area contributed by atoms with Crippen molar-refractivity contribution in [1.29, 1.82) is 0 Å². The minimum absolute atomic E-state index is 0.295. The molecule has 3 rings (SSSR count). The number of phenolic OH excluding ortho intramolecular Hbond substituents is 1. The number of benzene rings is 2. The highest BCUT2D eigenvalue weighted by Crippen LogP contribution is 2.29. The molecule has 3 aromatic rings. The van der Waals surface area contributed by atoms with Crippen molar-refractivity contribution in [3.8, 4) is 11.5 Å². The molecule has 0 spiro atoms. The maximum atomic E-state index is 10.0. The Kier molecular flexibility index (Phi) is 3.76. The summed E-state index contributed by atoms with van der Waals surface area (Å²) in [5.41, 5.74) is 1.87. The highest BCUT2D eigenvalue weighted by atomic mass is 35.5. The molecule has 0 atom stereocenters. The van der Waals surface area contributed by atoms with Crippen molar-refractivity contribution in [2.75, 3.05) is 0 Å². The maximum absolute atomic E-state index is 10.0. The van der Waals surface area contributed by atoms with Crippen LogP contribution in [0.15, 0.2) is 48.5 Å². The lowest BCUT2D eigenvalue weighted by atomic mass is 10.2. The number of fused-ring (bicyclic) bond motifs is 1. The Labute approximate surface area is 128 Å². The summed E-state index contributed by atoms with van der Waals surface area (Å²) in [6.45, 7) is 3.26. The number of hydrogen-bond acceptors (Lipinski definition) is 2. The SMILES string of the molecule is CCn1c(COc2cccc(Cl)c2)cc2cccc(O)c21. The number of rotatable bonds is 4. The van der Waals surface area contributed by atoms with Gasteiger partial charge in [0.1, 0.15) is 18.1 Å². The fraction of sp³-hybridized carbons (Fsp3) is 0.176. The summed E-state index contributed by atoms with van der Waals surface area (Å²) in [6.07, 6.45) is 0. The van der Waals surface area contributed by atoms with Gasteiger partial charge in [-0.3, -0.25) is 0 Å². The van der Waals surface area contributed by atoms with E-state index in [9.17, 15) is 5.11 Å². The van der Waals surface area contributed by atoms with Gasteiger partial charge in [-0.15, -0.1) is 0 Å². The van der Waals surface area contributed by atoms with E-state index >= 15 is 0 Å². The maximum Gasteiger partial charge on any atom is 0.139 e. The highest BCUT2D eigenvalue weighted by Gasteiger charge is 2.11. The second-order valence-corrected chi connectivity index (χ2v) is 5.28. The van der Waals surface area contributed by atoms with E-state index in [2.05, 4.69) is 11.5 Å². The van der Waals surface area contributed by atoms with E-state index in [1.165, 1.54) is 0 Å². The summed E-state index contributed by atoms with van der Waals surface area (Å²) in [7, 11) is 0. The Morgan fingerprint density at radius 3 is 2.71 bits per heavy atom. The third-order valence-electron chi connectivity index (χ3n) is 3.48. The zero-order valence-electron chi connectivity index (χ0n) is 11.7. The number of ether oxygens (including phenoxy) is 1. The lowest BCUT2D eigenvalue weighted by Crippen LogP contribution is -2.04. The molecule has 4 heteroatoms. The molecule has 2 aromatic carbocycles. The van der Waals surface area contributed by atoms with Gasteiger partial charge < -0.3 is 14.4 Å². The number of phenols is 1. The smallest absolute Gasteiger partial charge is 0.139 e. The van der Waals surface area contributed by atoms with Crippen LogP contribution in [0.2, 0.25) is 5.02 Å². The first-order valence-corrected chi connectivity index (χ1v) is 7.25. The molecule has 0 saturated heterocycles. The first kappa shape index (κ1) is 13.8. The molecule has 1 heterocycles. The lowest BCUT2D eigenvalue weighted by molar-refractivity contribution is 0.296. The molecule has 0 unspecified atom stereocenters. The van der Waals surface area contributed by atoms with E-state index in [1.54, 1.807) is 12.1 Å². The highest BCUT2D eigenvalue weighted by molar-refractivity contribution is 6.30. The fourth-order valence-electron chi connectivity index (χ4n) is 2.56. The summed E-state index contributed by atoms with van der Waals surface area (Å²) in [5.74, 6) is 1.03. The van der Waals surface area contributed by atoms with Gasteiger partial charge in [0.2, 0.25) is 0 Å². The molecule has 0 aliphatic heterocycles. The number of hydrogen-bond donors (Lipinski definition) is 1. The zero-order chi connectivity index (χ0) is 14.8. The molecular formula is C17H16ClNO2. The summed E-state index contributed by atoms with van der Waals surface area (Å²) in [6, 6.07) is 14.9. The molecule has 0 radical (unpaired) electrons. The van der Waals surface area contributed by atoms with Crippen LogP contribution in [-0.4, -0.2) is 9.67 Å². The Morgan fingerprint density at radius 2 is 1.95 bits per heavy atom. The van der Waals surface area contributed by atoms with Crippen molar-refractivity contribution < 1.29 is 9.84 Å². The molecule has 1 aromatic heterocycles. The fourth-order valence-corrected chi connectivity index (χ4v) is 2.74. The number of halogens is 1. The summed E-state index contributed by atoms with van der Waals surface area (Å²) in [4.78, 5) is 0. The minimum atomic E-state index is 0.295. The Bertz CT molecular complexity index is 780. The Hall–Kier alpha value is -2.13. The number of aromatic hydroxyl groups is 1. The van der Waals surface area contributed by atoms with Crippen molar-refractivity contribution in [3.05, 3.63) is 59.2 Å². The predicted molar refractivity (Wildman–Crippen MR) is 85.1 cm³/mol. The van der Waals surface area contributed by atoms with Gasteiger partial charge >= 0.3 is 0 Å². The molecule has 0 saturated carbocycles. The van der Waals surface area contributed by atoms with Gasteiger partial charge in [-0.25, -0.2) is 0 Å². The first-order chi connectivity index (χ1) is 10.2. The molecule has 0 fully saturated rings. The van der Waals surface area contributed by atoms with Crippen molar-refractivity contribution in [3.63, 3.8) is 0 Å². The van der Waals surface area contributed by atoms with Crippen molar-refractivity contribution in [2.45, 2.75) is 20.1 Å². The molecule has 21 heavy (non-hydrogen) atoms. The second-order valence-electron chi connectivity index (χ2n) is 4.84. The summed E-state index contributed by atoms with van der Waals surface area (Å²) >= 11 is 5.95. The lowest BCUT2D eigenvalue weighted by Gasteiger charge is -2.10. The van der Waals surface area contributed by atoms with Crippen LogP contribution in [0.25, 0.3) is 10.9 Å². The number of aryl methyl sites for hydroxylation is 1. The van der Waals surface area contributed by atoms with Gasteiger partial charge in [0.05, 0.1) is 11.2 Å². The van der Waals surface area contributed by atoms with Crippen LogP contribution in [0.5, 0.6) is 11.5 Å². The van der Waals surface area contributed by atoms with Crippen LogP contribution in [0.3, 0.4) is 0 Å². The van der Waals surface area contributed by atoms with E-state index < -0.39 is 0 Å². The summed E-state index contributed by atoms with van der Waals surface area (Å²) in [5, 5.41) is 11.7. The standard InChI is InChI=1S/C17H16ClNO2/c1-2-19-14(9-12-5-3-8-16(20)17(12)19)11-21-15-7-4-6-13(18)10-15/h3-10,20H,2,11H2,1H3. The number of nitrogens with zero attached hydrogens (tertiary/aromatic N) is 1. The largest absolute Gasteiger partial charge is 0.506 e. The summed E-state index contributed by atoms with van der Waals surface area (Å²) < 4.78 is 7.86. The average molecular weight is 302 g/mol. The molecule has 3 nitrogen and oxygen atoms in total. The van der Waals surface area contributed by atoms with Gasteiger partial charge in [-0.1, -0.05) is 29.8 Å². The van der Waals surface area contributed by atoms with E-state index in [-0.39, 0.29) is 0 Å². The van der Waals surface area contributed by atoms with Crippen molar-refractivity contribution >= 4 is 22.5 Å². The minimum Gasteiger partial charge on any atom is -0.506 e.